The summed E-state index contributed by atoms with van der Waals surface area (Å²) < 4.78 is 0. The highest BCUT2D eigenvalue weighted by Gasteiger charge is 2.22. The van der Waals surface area contributed by atoms with E-state index < -0.39 is 0 Å². The third kappa shape index (κ3) is 3.01. The van der Waals surface area contributed by atoms with Crippen LogP contribution in [0.1, 0.15) is 10.4 Å². The monoisotopic (exact) mass is 326 g/mol. The molecule has 126 valence electrons. The molecule has 0 spiro atoms. The van der Waals surface area contributed by atoms with Crippen LogP contribution in [0.25, 0.3) is 0 Å². The molecule has 0 radical (unpaired) electrons. The van der Waals surface area contributed by atoms with E-state index in [2.05, 4.69) is 4.90 Å². The van der Waals surface area contributed by atoms with Gasteiger partial charge in [-0.3, -0.25) is 4.79 Å². The average molecular weight is 326 g/mol. The largest absolute Gasteiger partial charge is 0.397 e. The fraction of sp³-hybridized carbons (Fsp3) is 0.235. The third-order valence-electron chi connectivity index (χ3n) is 4.34. The van der Waals surface area contributed by atoms with Gasteiger partial charge in [0.05, 0.1) is 22.7 Å². The van der Waals surface area contributed by atoms with Gasteiger partial charge in [0.1, 0.15) is 0 Å². The van der Waals surface area contributed by atoms with Crippen molar-refractivity contribution in [2.24, 2.45) is 0 Å². The summed E-state index contributed by atoms with van der Waals surface area (Å²) in [6.45, 7) is 2.74. The Labute approximate surface area is 140 Å². The number of hydrogen-bond donors (Lipinski definition) is 4. The molecule has 3 rings (SSSR count). The van der Waals surface area contributed by atoms with E-state index >= 15 is 0 Å². The summed E-state index contributed by atoms with van der Waals surface area (Å²) in [4.78, 5) is 16.6. The summed E-state index contributed by atoms with van der Waals surface area (Å²) in [5.41, 5.74) is 26.7. The molecule has 0 aliphatic carbocycles. The zero-order valence-electron chi connectivity index (χ0n) is 13.4. The van der Waals surface area contributed by atoms with E-state index in [-0.39, 0.29) is 5.91 Å². The summed E-state index contributed by atoms with van der Waals surface area (Å²) in [5, 5.41) is 0. The van der Waals surface area contributed by atoms with E-state index in [1.807, 2.05) is 17.0 Å². The predicted molar refractivity (Wildman–Crippen MR) is 98.7 cm³/mol. The van der Waals surface area contributed by atoms with Gasteiger partial charge in [0.25, 0.3) is 5.91 Å². The number of piperazine rings is 1. The third-order valence-corrected chi connectivity index (χ3v) is 4.34. The summed E-state index contributed by atoms with van der Waals surface area (Å²) in [6, 6.07) is 10.6. The Hall–Kier alpha value is -3.09. The van der Waals surface area contributed by atoms with Crippen molar-refractivity contribution >= 4 is 34.3 Å². The average Bonchev–Trinajstić information content (AvgIpc) is 2.59. The molecule has 1 amide bonds. The van der Waals surface area contributed by atoms with Crippen LogP contribution in [0, 0.1) is 0 Å². The lowest BCUT2D eigenvalue weighted by molar-refractivity contribution is 0.0747. The zero-order chi connectivity index (χ0) is 17.3. The summed E-state index contributed by atoms with van der Waals surface area (Å²) >= 11 is 0. The van der Waals surface area contributed by atoms with E-state index in [1.165, 1.54) is 0 Å². The standard InChI is InChI=1S/C17H22N6O/c18-13-3-1-11(9-15(13)20)17(24)23-7-5-22(6-8-23)12-2-4-14(19)16(21)10-12/h1-4,9-10H,5-8,18-21H2. The number of amides is 1. The van der Waals surface area contributed by atoms with Gasteiger partial charge < -0.3 is 32.7 Å². The highest BCUT2D eigenvalue weighted by molar-refractivity contribution is 5.96. The smallest absolute Gasteiger partial charge is 0.254 e. The molecule has 1 heterocycles. The summed E-state index contributed by atoms with van der Waals surface area (Å²) in [7, 11) is 0. The van der Waals surface area contributed by atoms with Gasteiger partial charge in [-0.1, -0.05) is 0 Å². The normalized spacial score (nSPS) is 14.7. The van der Waals surface area contributed by atoms with Crippen LogP contribution in [-0.2, 0) is 0 Å². The number of benzene rings is 2. The van der Waals surface area contributed by atoms with Crippen LogP contribution >= 0.6 is 0 Å². The zero-order valence-corrected chi connectivity index (χ0v) is 13.4. The van der Waals surface area contributed by atoms with Crippen LogP contribution in [0.2, 0.25) is 0 Å². The number of carbonyl (C=O) groups excluding carboxylic acids is 1. The lowest BCUT2D eigenvalue weighted by Crippen LogP contribution is -2.48. The van der Waals surface area contributed by atoms with Crippen molar-refractivity contribution in [3.63, 3.8) is 0 Å². The molecule has 0 bridgehead atoms. The van der Waals surface area contributed by atoms with Gasteiger partial charge >= 0.3 is 0 Å². The molecular formula is C17H22N6O. The van der Waals surface area contributed by atoms with Crippen molar-refractivity contribution in [3.8, 4) is 0 Å². The van der Waals surface area contributed by atoms with Crippen molar-refractivity contribution < 1.29 is 4.79 Å². The molecule has 8 N–H and O–H groups in total. The summed E-state index contributed by atoms with van der Waals surface area (Å²) in [5.74, 6) is -0.0295. The SMILES string of the molecule is Nc1ccc(C(=O)N2CCN(c3ccc(N)c(N)c3)CC2)cc1N. The van der Waals surface area contributed by atoms with Crippen LogP contribution < -0.4 is 27.8 Å². The number of hydrogen-bond acceptors (Lipinski definition) is 6. The lowest BCUT2D eigenvalue weighted by atomic mass is 10.1. The van der Waals surface area contributed by atoms with Crippen molar-refractivity contribution in [2.45, 2.75) is 0 Å². The highest BCUT2D eigenvalue weighted by atomic mass is 16.2. The molecule has 1 aliphatic heterocycles. The van der Waals surface area contributed by atoms with E-state index in [9.17, 15) is 4.79 Å². The first-order valence-corrected chi connectivity index (χ1v) is 7.80. The Bertz CT molecular complexity index is 768. The van der Waals surface area contributed by atoms with Gasteiger partial charge in [-0.15, -0.1) is 0 Å². The van der Waals surface area contributed by atoms with E-state index in [0.717, 1.165) is 18.8 Å². The summed E-state index contributed by atoms with van der Waals surface area (Å²) in [6.07, 6.45) is 0. The maximum Gasteiger partial charge on any atom is 0.254 e. The van der Waals surface area contributed by atoms with Crippen molar-refractivity contribution in [3.05, 3.63) is 42.0 Å². The quantitative estimate of drug-likeness (QED) is 0.609. The molecule has 0 atom stereocenters. The maximum absolute atomic E-state index is 12.6. The second-order valence-corrected chi connectivity index (χ2v) is 5.94. The molecule has 2 aromatic carbocycles. The molecule has 1 aliphatic rings. The molecule has 1 saturated heterocycles. The first kappa shape index (κ1) is 15.8. The Morgan fingerprint density at radius 1 is 0.750 bits per heavy atom. The van der Waals surface area contributed by atoms with Crippen LogP contribution in [-0.4, -0.2) is 37.0 Å². The van der Waals surface area contributed by atoms with Crippen LogP contribution in [0.3, 0.4) is 0 Å². The number of nitrogens with zero attached hydrogens (tertiary/aromatic N) is 2. The number of carbonyl (C=O) groups is 1. The number of anilines is 5. The fourth-order valence-corrected chi connectivity index (χ4v) is 2.82. The van der Waals surface area contributed by atoms with E-state index in [0.29, 0.717) is 41.4 Å². The predicted octanol–water partition coefficient (Wildman–Crippen LogP) is 0.978. The van der Waals surface area contributed by atoms with Gasteiger partial charge in [0.15, 0.2) is 0 Å². The molecule has 1 fully saturated rings. The molecule has 7 nitrogen and oxygen atoms in total. The Morgan fingerprint density at radius 2 is 1.33 bits per heavy atom. The molecule has 24 heavy (non-hydrogen) atoms. The van der Waals surface area contributed by atoms with Gasteiger partial charge in [-0.25, -0.2) is 0 Å². The molecule has 7 heteroatoms. The van der Waals surface area contributed by atoms with Crippen LogP contribution in [0.15, 0.2) is 36.4 Å². The Kier molecular flexibility index (Phi) is 4.07. The molecule has 2 aromatic rings. The van der Waals surface area contributed by atoms with Crippen molar-refractivity contribution in [1.82, 2.24) is 4.90 Å². The first-order chi connectivity index (χ1) is 11.5. The van der Waals surface area contributed by atoms with E-state index in [1.54, 1.807) is 24.3 Å². The molecule has 0 unspecified atom stereocenters. The van der Waals surface area contributed by atoms with Gasteiger partial charge in [0.2, 0.25) is 0 Å². The molecule has 0 aromatic heterocycles. The maximum atomic E-state index is 12.6. The minimum atomic E-state index is -0.0295. The van der Waals surface area contributed by atoms with Crippen molar-refractivity contribution in [1.29, 1.82) is 0 Å². The second-order valence-electron chi connectivity index (χ2n) is 5.94. The molecular weight excluding hydrogens is 304 g/mol. The van der Waals surface area contributed by atoms with E-state index in [4.69, 9.17) is 22.9 Å². The highest BCUT2D eigenvalue weighted by Crippen LogP contribution is 2.24. The van der Waals surface area contributed by atoms with Gasteiger partial charge in [-0.05, 0) is 36.4 Å². The number of rotatable bonds is 2. The number of nitrogen functional groups attached to an aromatic ring is 4. The topological polar surface area (TPSA) is 128 Å². The minimum Gasteiger partial charge on any atom is -0.397 e. The van der Waals surface area contributed by atoms with Crippen molar-refractivity contribution in [2.75, 3.05) is 54.0 Å². The second kappa shape index (κ2) is 6.19. The van der Waals surface area contributed by atoms with Gasteiger partial charge in [-0.2, -0.15) is 0 Å². The Balaban J connectivity index is 1.66. The first-order valence-electron chi connectivity index (χ1n) is 7.80. The minimum absolute atomic E-state index is 0.0295. The lowest BCUT2D eigenvalue weighted by Gasteiger charge is -2.36. The van der Waals surface area contributed by atoms with Crippen LogP contribution in [0.4, 0.5) is 28.4 Å². The van der Waals surface area contributed by atoms with Crippen LogP contribution in [0.5, 0.6) is 0 Å². The number of nitrogens with two attached hydrogens (primary N) is 4. The Morgan fingerprint density at radius 3 is 1.92 bits per heavy atom. The molecule has 0 saturated carbocycles. The van der Waals surface area contributed by atoms with Gasteiger partial charge in [0, 0.05) is 37.4 Å². The fourth-order valence-electron chi connectivity index (χ4n) is 2.82.